The van der Waals surface area contributed by atoms with Crippen molar-refractivity contribution in [1.82, 2.24) is 10.2 Å². The average molecular weight is 461 g/mol. The Morgan fingerprint density at radius 2 is 1.62 bits per heavy atom. The number of carbonyl (C=O) groups is 1. The van der Waals surface area contributed by atoms with E-state index in [4.69, 9.17) is 0 Å². The van der Waals surface area contributed by atoms with Crippen LogP contribution in [0.25, 0.3) is 0 Å². The molecule has 1 aliphatic heterocycles. The number of allylic oxidation sites excluding steroid dienone is 1. The standard InChI is InChI=1S/C31H44N2O/c1-5-13-26(6-2)18-19-30(34)33-22-20-31(21-23-33,29-16-9-8-10-17-29)25(4)32-24-28-15-12-11-14-27(28)7-3/h8-12,14-17,26,32H,4-7,13,18-24H2,1-3H3. The summed E-state index contributed by atoms with van der Waals surface area (Å²) in [4.78, 5) is 15.1. The van der Waals surface area contributed by atoms with Gasteiger partial charge < -0.3 is 10.2 Å². The van der Waals surface area contributed by atoms with Crippen molar-refractivity contribution in [3.05, 3.63) is 83.6 Å². The Kier molecular flexibility index (Phi) is 9.80. The van der Waals surface area contributed by atoms with Crippen LogP contribution in [-0.4, -0.2) is 23.9 Å². The van der Waals surface area contributed by atoms with Gasteiger partial charge in [0, 0.05) is 37.2 Å². The van der Waals surface area contributed by atoms with Crippen LogP contribution in [0.2, 0.25) is 0 Å². The van der Waals surface area contributed by atoms with Gasteiger partial charge in [-0.2, -0.15) is 0 Å². The van der Waals surface area contributed by atoms with E-state index < -0.39 is 0 Å². The number of piperidine rings is 1. The highest BCUT2D eigenvalue weighted by Crippen LogP contribution is 2.40. The second-order valence-corrected chi connectivity index (χ2v) is 9.88. The van der Waals surface area contributed by atoms with Crippen LogP contribution in [0.4, 0.5) is 0 Å². The van der Waals surface area contributed by atoms with Crippen LogP contribution in [0.5, 0.6) is 0 Å². The van der Waals surface area contributed by atoms with Gasteiger partial charge >= 0.3 is 0 Å². The zero-order chi connectivity index (χ0) is 24.4. The van der Waals surface area contributed by atoms with E-state index in [0.29, 0.717) is 18.2 Å². The fourth-order valence-corrected chi connectivity index (χ4v) is 5.55. The van der Waals surface area contributed by atoms with Crippen molar-refractivity contribution in [2.24, 2.45) is 5.92 Å². The van der Waals surface area contributed by atoms with Crippen LogP contribution in [0.3, 0.4) is 0 Å². The molecule has 1 N–H and O–H groups in total. The number of nitrogens with zero attached hydrogens (tertiary/aromatic N) is 1. The SMILES string of the molecule is C=C(NCc1ccccc1CC)C1(c2ccccc2)CCN(C(=O)CCC(CC)CCC)CC1. The van der Waals surface area contributed by atoms with Gasteiger partial charge in [0.25, 0.3) is 0 Å². The third kappa shape index (κ3) is 6.31. The zero-order valence-electron chi connectivity index (χ0n) is 21.6. The van der Waals surface area contributed by atoms with E-state index in [0.717, 1.165) is 51.0 Å². The monoisotopic (exact) mass is 460 g/mol. The largest absolute Gasteiger partial charge is 0.384 e. The van der Waals surface area contributed by atoms with E-state index in [1.54, 1.807) is 0 Å². The van der Waals surface area contributed by atoms with E-state index in [1.807, 2.05) is 0 Å². The van der Waals surface area contributed by atoms with Gasteiger partial charge in [0.1, 0.15) is 0 Å². The molecular formula is C31H44N2O. The van der Waals surface area contributed by atoms with Crippen LogP contribution in [0.1, 0.15) is 82.4 Å². The first-order chi connectivity index (χ1) is 16.5. The summed E-state index contributed by atoms with van der Waals surface area (Å²) in [6, 6.07) is 19.4. The van der Waals surface area contributed by atoms with E-state index >= 15 is 0 Å². The molecule has 0 aromatic heterocycles. The molecule has 0 saturated carbocycles. The third-order valence-corrected chi connectivity index (χ3v) is 7.91. The lowest BCUT2D eigenvalue weighted by Crippen LogP contribution is -2.48. The summed E-state index contributed by atoms with van der Waals surface area (Å²) in [5.74, 6) is 1.00. The molecule has 1 fully saturated rings. The van der Waals surface area contributed by atoms with Gasteiger partial charge in [-0.15, -0.1) is 0 Å². The second kappa shape index (κ2) is 12.8. The van der Waals surface area contributed by atoms with Crippen molar-refractivity contribution in [1.29, 1.82) is 0 Å². The summed E-state index contributed by atoms with van der Waals surface area (Å²) in [7, 11) is 0. The molecule has 2 aromatic rings. The van der Waals surface area contributed by atoms with E-state index in [1.165, 1.54) is 36.0 Å². The predicted octanol–water partition coefficient (Wildman–Crippen LogP) is 7.02. The minimum atomic E-state index is -0.145. The summed E-state index contributed by atoms with van der Waals surface area (Å²) in [5, 5.41) is 3.69. The number of benzene rings is 2. The van der Waals surface area contributed by atoms with Gasteiger partial charge in [-0.05, 0) is 48.3 Å². The molecule has 0 bridgehead atoms. The molecule has 2 aromatic carbocycles. The lowest BCUT2D eigenvalue weighted by atomic mass is 9.70. The average Bonchev–Trinajstić information content (AvgIpc) is 2.90. The van der Waals surface area contributed by atoms with Crippen molar-refractivity contribution in [2.45, 2.75) is 84.1 Å². The number of rotatable bonds is 12. The predicted molar refractivity (Wildman–Crippen MR) is 144 cm³/mol. The van der Waals surface area contributed by atoms with Crippen LogP contribution in [0.15, 0.2) is 66.9 Å². The Bertz CT molecular complexity index is 912. The maximum absolute atomic E-state index is 13.0. The number of nitrogens with one attached hydrogen (secondary N) is 1. The summed E-state index contributed by atoms with van der Waals surface area (Å²) in [5.41, 5.74) is 4.95. The van der Waals surface area contributed by atoms with Crippen molar-refractivity contribution < 1.29 is 4.79 Å². The third-order valence-electron chi connectivity index (χ3n) is 7.91. The first kappa shape index (κ1) is 26.1. The highest BCUT2D eigenvalue weighted by Gasteiger charge is 2.39. The number of hydrogen-bond donors (Lipinski definition) is 1. The molecule has 0 radical (unpaired) electrons. The number of likely N-dealkylation sites (tertiary alicyclic amines) is 1. The van der Waals surface area contributed by atoms with Crippen LogP contribution in [0, 0.1) is 5.92 Å². The van der Waals surface area contributed by atoms with E-state index in [-0.39, 0.29) is 5.41 Å². The van der Waals surface area contributed by atoms with Crippen molar-refractivity contribution in [3.8, 4) is 0 Å². The Labute approximate surface area is 207 Å². The Morgan fingerprint density at radius 1 is 0.971 bits per heavy atom. The fourth-order valence-electron chi connectivity index (χ4n) is 5.55. The van der Waals surface area contributed by atoms with Crippen molar-refractivity contribution >= 4 is 5.91 Å². The molecule has 3 heteroatoms. The minimum absolute atomic E-state index is 0.145. The van der Waals surface area contributed by atoms with Crippen molar-refractivity contribution in [2.75, 3.05) is 13.1 Å². The smallest absolute Gasteiger partial charge is 0.222 e. The highest BCUT2D eigenvalue weighted by atomic mass is 16.2. The van der Waals surface area contributed by atoms with Gasteiger partial charge in [-0.3, -0.25) is 4.79 Å². The maximum Gasteiger partial charge on any atom is 0.222 e. The Balaban J connectivity index is 1.68. The molecule has 34 heavy (non-hydrogen) atoms. The summed E-state index contributed by atoms with van der Waals surface area (Å²) >= 11 is 0. The molecule has 3 rings (SSSR count). The highest BCUT2D eigenvalue weighted by molar-refractivity contribution is 5.76. The quantitative estimate of drug-likeness (QED) is 0.369. The Hall–Kier alpha value is -2.55. The van der Waals surface area contributed by atoms with Gasteiger partial charge in [-0.25, -0.2) is 0 Å². The molecule has 0 aliphatic carbocycles. The molecular weight excluding hydrogens is 416 g/mol. The van der Waals surface area contributed by atoms with Gasteiger partial charge in [0.15, 0.2) is 0 Å². The molecule has 3 nitrogen and oxygen atoms in total. The van der Waals surface area contributed by atoms with Crippen LogP contribution >= 0.6 is 0 Å². The molecule has 1 atom stereocenters. The first-order valence-corrected chi connectivity index (χ1v) is 13.4. The maximum atomic E-state index is 13.0. The molecule has 1 heterocycles. The van der Waals surface area contributed by atoms with Gasteiger partial charge in [-0.1, -0.05) is 101 Å². The minimum Gasteiger partial charge on any atom is -0.384 e. The van der Waals surface area contributed by atoms with E-state index in [9.17, 15) is 4.79 Å². The zero-order valence-corrected chi connectivity index (χ0v) is 21.6. The van der Waals surface area contributed by atoms with Crippen molar-refractivity contribution in [3.63, 3.8) is 0 Å². The number of aryl methyl sites for hydroxylation is 1. The number of hydrogen-bond acceptors (Lipinski definition) is 2. The molecule has 1 amide bonds. The molecule has 1 aliphatic rings. The van der Waals surface area contributed by atoms with Gasteiger partial charge in [0.05, 0.1) is 0 Å². The lowest BCUT2D eigenvalue weighted by Gasteiger charge is -2.44. The Morgan fingerprint density at radius 3 is 2.24 bits per heavy atom. The molecule has 1 saturated heterocycles. The number of amides is 1. The lowest BCUT2D eigenvalue weighted by molar-refractivity contribution is -0.133. The molecule has 184 valence electrons. The second-order valence-electron chi connectivity index (χ2n) is 9.88. The normalized spacial score (nSPS) is 16.1. The van der Waals surface area contributed by atoms with Crippen LogP contribution < -0.4 is 5.32 Å². The topological polar surface area (TPSA) is 32.3 Å². The molecule has 0 spiro atoms. The molecule has 1 unspecified atom stereocenters. The fraction of sp³-hybridized carbons (Fsp3) is 0.516. The number of carbonyl (C=O) groups excluding carboxylic acids is 1. The summed E-state index contributed by atoms with van der Waals surface area (Å²) in [6.07, 6.45) is 8.17. The van der Waals surface area contributed by atoms with Crippen LogP contribution in [-0.2, 0) is 23.2 Å². The van der Waals surface area contributed by atoms with Gasteiger partial charge in [0.2, 0.25) is 5.91 Å². The summed E-state index contributed by atoms with van der Waals surface area (Å²) in [6.45, 7) is 13.6. The summed E-state index contributed by atoms with van der Waals surface area (Å²) < 4.78 is 0. The first-order valence-electron chi connectivity index (χ1n) is 13.4. The van der Waals surface area contributed by atoms with E-state index in [2.05, 4.69) is 92.2 Å².